The molecular weight excluding hydrogens is 408 g/mol. The SMILES string of the molecule is CCCCc1ccc(C#Cc2ccc(C#Cc3cc(F)c(N=C=S)c(F)c3)cc2)cc1. The maximum atomic E-state index is 13.9. The van der Waals surface area contributed by atoms with Gasteiger partial charge in [0.1, 0.15) is 5.69 Å². The van der Waals surface area contributed by atoms with Gasteiger partial charge in [0.15, 0.2) is 11.6 Å². The van der Waals surface area contributed by atoms with Gasteiger partial charge in [-0.15, -0.1) is 0 Å². The van der Waals surface area contributed by atoms with E-state index in [1.54, 1.807) is 0 Å². The van der Waals surface area contributed by atoms with E-state index in [0.717, 1.165) is 29.7 Å². The van der Waals surface area contributed by atoms with Crippen LogP contribution >= 0.6 is 12.2 Å². The number of aryl methyl sites for hydroxylation is 1. The van der Waals surface area contributed by atoms with Gasteiger partial charge in [-0.2, -0.15) is 4.99 Å². The van der Waals surface area contributed by atoms with E-state index >= 15 is 0 Å². The van der Waals surface area contributed by atoms with Crippen LogP contribution in [-0.2, 0) is 6.42 Å². The molecule has 0 unspecified atom stereocenters. The van der Waals surface area contributed by atoms with Crippen LogP contribution in [0.1, 0.15) is 47.6 Å². The van der Waals surface area contributed by atoms with Crippen molar-refractivity contribution < 1.29 is 8.78 Å². The molecule has 0 saturated heterocycles. The van der Waals surface area contributed by atoms with Crippen molar-refractivity contribution in [2.75, 3.05) is 0 Å². The van der Waals surface area contributed by atoms with Crippen molar-refractivity contribution >= 4 is 23.1 Å². The Morgan fingerprint density at radius 3 is 1.65 bits per heavy atom. The Balaban J connectivity index is 1.70. The third-order valence-corrected chi connectivity index (χ3v) is 4.63. The summed E-state index contributed by atoms with van der Waals surface area (Å²) in [7, 11) is 0. The molecule has 0 aliphatic heterocycles. The van der Waals surface area contributed by atoms with Crippen LogP contribution < -0.4 is 0 Å². The van der Waals surface area contributed by atoms with Crippen LogP contribution in [0.15, 0.2) is 65.7 Å². The predicted molar refractivity (Wildman–Crippen MR) is 125 cm³/mol. The molecule has 3 rings (SSSR count). The quantitative estimate of drug-likeness (QED) is 0.252. The Bertz CT molecular complexity index is 1210. The molecule has 3 aromatic rings. The van der Waals surface area contributed by atoms with Gasteiger partial charge in [-0.1, -0.05) is 49.2 Å². The molecule has 0 radical (unpaired) electrons. The summed E-state index contributed by atoms with van der Waals surface area (Å²) in [4.78, 5) is 3.38. The molecule has 0 aliphatic carbocycles. The van der Waals surface area contributed by atoms with Crippen LogP contribution in [0.5, 0.6) is 0 Å². The summed E-state index contributed by atoms with van der Waals surface area (Å²) in [5.41, 5.74) is 3.63. The lowest BCUT2D eigenvalue weighted by Gasteiger charge is -1.99. The molecule has 3 aromatic carbocycles. The van der Waals surface area contributed by atoms with Crippen LogP contribution in [0.4, 0.5) is 14.5 Å². The first-order valence-electron chi connectivity index (χ1n) is 9.89. The van der Waals surface area contributed by atoms with Crippen molar-refractivity contribution in [1.82, 2.24) is 0 Å². The first-order valence-corrected chi connectivity index (χ1v) is 10.3. The van der Waals surface area contributed by atoms with Crippen LogP contribution in [0.2, 0.25) is 0 Å². The Morgan fingerprint density at radius 2 is 1.19 bits per heavy atom. The highest BCUT2D eigenvalue weighted by Gasteiger charge is 2.09. The lowest BCUT2D eigenvalue weighted by molar-refractivity contribution is 0.587. The average Bonchev–Trinajstić information content (AvgIpc) is 2.78. The monoisotopic (exact) mass is 427 g/mol. The maximum Gasteiger partial charge on any atom is 0.153 e. The van der Waals surface area contributed by atoms with Crippen molar-refractivity contribution in [3.05, 3.63) is 100 Å². The van der Waals surface area contributed by atoms with Crippen LogP contribution in [-0.4, -0.2) is 5.16 Å². The summed E-state index contributed by atoms with van der Waals surface area (Å²) in [6, 6.07) is 17.9. The van der Waals surface area contributed by atoms with Crippen molar-refractivity contribution in [3.63, 3.8) is 0 Å². The van der Waals surface area contributed by atoms with Gasteiger partial charge in [0.2, 0.25) is 0 Å². The molecule has 0 fully saturated rings. The number of nitrogens with zero attached hydrogens (tertiary/aromatic N) is 1. The molecule has 0 N–H and O–H groups in total. The lowest BCUT2D eigenvalue weighted by atomic mass is 10.1. The Labute approximate surface area is 186 Å². The molecule has 0 amide bonds. The fourth-order valence-electron chi connectivity index (χ4n) is 2.85. The summed E-state index contributed by atoms with van der Waals surface area (Å²) >= 11 is 4.39. The minimum absolute atomic E-state index is 0.213. The molecule has 0 heterocycles. The van der Waals surface area contributed by atoms with Gasteiger partial charge in [-0.3, -0.25) is 0 Å². The fraction of sp³-hybridized carbons (Fsp3) is 0.148. The third kappa shape index (κ3) is 6.46. The molecule has 0 aliphatic rings. The fourth-order valence-corrected chi connectivity index (χ4v) is 2.94. The van der Waals surface area contributed by atoms with Crippen LogP contribution in [0, 0.1) is 35.3 Å². The van der Waals surface area contributed by atoms with E-state index in [1.165, 1.54) is 18.4 Å². The number of aliphatic imine (C=N–C) groups is 1. The van der Waals surface area contributed by atoms with Crippen molar-refractivity contribution in [3.8, 4) is 23.7 Å². The highest BCUT2D eigenvalue weighted by Crippen LogP contribution is 2.23. The summed E-state index contributed by atoms with van der Waals surface area (Å²) in [5.74, 6) is 10.3. The smallest absolute Gasteiger partial charge is 0.153 e. The number of benzene rings is 3. The van der Waals surface area contributed by atoms with E-state index in [2.05, 4.69) is 59.9 Å². The zero-order valence-corrected chi connectivity index (χ0v) is 17.8. The van der Waals surface area contributed by atoms with Gasteiger partial charge in [0.25, 0.3) is 0 Å². The van der Waals surface area contributed by atoms with Gasteiger partial charge in [-0.05, 0) is 79.2 Å². The van der Waals surface area contributed by atoms with E-state index in [4.69, 9.17) is 0 Å². The molecule has 0 spiro atoms. The molecule has 1 nitrogen and oxygen atoms in total. The first kappa shape index (κ1) is 22.1. The van der Waals surface area contributed by atoms with Crippen molar-refractivity contribution in [1.29, 1.82) is 0 Å². The summed E-state index contributed by atoms with van der Waals surface area (Å²) in [5, 5.41) is 1.96. The number of hydrogen-bond acceptors (Lipinski definition) is 2. The minimum atomic E-state index is -0.828. The van der Waals surface area contributed by atoms with Crippen molar-refractivity contribution in [2.24, 2.45) is 4.99 Å². The second-order valence-electron chi connectivity index (χ2n) is 6.87. The van der Waals surface area contributed by atoms with Gasteiger partial charge in [0, 0.05) is 22.3 Å². The summed E-state index contributed by atoms with van der Waals surface area (Å²) in [6.45, 7) is 2.19. The van der Waals surface area contributed by atoms with Gasteiger partial charge in [-0.25, -0.2) is 8.78 Å². The molecular formula is C27H19F2NS. The van der Waals surface area contributed by atoms with E-state index < -0.39 is 17.3 Å². The highest BCUT2D eigenvalue weighted by atomic mass is 32.1. The van der Waals surface area contributed by atoms with Gasteiger partial charge >= 0.3 is 0 Å². The standard InChI is InChI=1S/C27H19F2NS/c1-2-3-4-20-5-7-21(8-6-20)9-10-22-11-13-23(14-12-22)15-16-24-17-25(28)27(30-19-31)26(29)18-24/h5-8,11-14,17-18H,2-4H2,1H3. The number of isothiocyanates is 1. The van der Waals surface area contributed by atoms with Gasteiger partial charge < -0.3 is 0 Å². The summed E-state index contributed by atoms with van der Waals surface area (Å²) in [6.07, 6.45) is 3.47. The van der Waals surface area contributed by atoms with Crippen molar-refractivity contribution in [2.45, 2.75) is 26.2 Å². The minimum Gasteiger partial charge on any atom is -0.204 e. The van der Waals surface area contributed by atoms with Crippen LogP contribution in [0.25, 0.3) is 0 Å². The lowest BCUT2D eigenvalue weighted by Crippen LogP contribution is -1.86. The van der Waals surface area contributed by atoms with Gasteiger partial charge in [0.05, 0.1) is 5.16 Å². The molecule has 152 valence electrons. The van der Waals surface area contributed by atoms with E-state index in [1.807, 2.05) is 41.6 Å². The number of halogens is 2. The number of hydrogen-bond donors (Lipinski definition) is 0. The zero-order chi connectivity index (χ0) is 22.1. The molecule has 4 heteroatoms. The molecule has 0 saturated carbocycles. The second kappa shape index (κ2) is 11.0. The Morgan fingerprint density at radius 1 is 0.742 bits per heavy atom. The first-order chi connectivity index (χ1) is 15.1. The second-order valence-corrected chi connectivity index (χ2v) is 7.05. The zero-order valence-electron chi connectivity index (χ0n) is 17.0. The Hall–Kier alpha value is -3.56. The third-order valence-electron chi connectivity index (χ3n) is 4.53. The number of rotatable bonds is 4. The Kier molecular flexibility index (Phi) is 7.85. The topological polar surface area (TPSA) is 12.4 Å². The number of unbranched alkanes of at least 4 members (excludes halogenated alkanes) is 1. The van der Waals surface area contributed by atoms with Crippen LogP contribution in [0.3, 0.4) is 0 Å². The predicted octanol–water partition coefficient (Wildman–Crippen LogP) is 6.84. The van der Waals surface area contributed by atoms with E-state index in [0.29, 0.717) is 5.56 Å². The molecule has 0 aromatic heterocycles. The highest BCUT2D eigenvalue weighted by molar-refractivity contribution is 7.78. The number of thiocarbonyl (C=S) groups is 1. The normalized spacial score (nSPS) is 9.65. The average molecular weight is 428 g/mol. The summed E-state index contributed by atoms with van der Waals surface area (Å²) < 4.78 is 27.8. The molecule has 31 heavy (non-hydrogen) atoms. The van der Waals surface area contributed by atoms with E-state index in [9.17, 15) is 8.78 Å². The molecule has 0 bridgehead atoms. The van der Waals surface area contributed by atoms with E-state index in [-0.39, 0.29) is 5.56 Å². The molecule has 0 atom stereocenters. The largest absolute Gasteiger partial charge is 0.204 e. The maximum absolute atomic E-state index is 13.9.